The Morgan fingerprint density at radius 2 is 2.00 bits per heavy atom. The first-order valence-corrected chi connectivity index (χ1v) is 8.78. The third-order valence-electron chi connectivity index (χ3n) is 4.09. The second kappa shape index (κ2) is 7.29. The van der Waals surface area contributed by atoms with Crippen LogP contribution in [-0.4, -0.2) is 15.9 Å². The van der Waals surface area contributed by atoms with Crippen LogP contribution in [0.1, 0.15) is 29.9 Å². The van der Waals surface area contributed by atoms with Crippen LogP contribution in [0.15, 0.2) is 48.9 Å². The normalized spacial score (nSPS) is 11.4. The number of hydrogen-bond acceptors (Lipinski definition) is 4. The minimum absolute atomic E-state index is 0.195. The van der Waals surface area contributed by atoms with Crippen LogP contribution in [0.3, 0.4) is 0 Å². The van der Waals surface area contributed by atoms with Gasteiger partial charge in [0.25, 0.3) is 0 Å². The van der Waals surface area contributed by atoms with Gasteiger partial charge in [0, 0.05) is 29.9 Å². The van der Waals surface area contributed by atoms with Gasteiger partial charge in [-0.15, -0.1) is 11.3 Å². The minimum Gasteiger partial charge on any atom is -0.301 e. The van der Waals surface area contributed by atoms with Crippen LogP contribution < -0.4 is 5.32 Å². The number of rotatable bonds is 5. The van der Waals surface area contributed by atoms with E-state index in [2.05, 4.69) is 15.3 Å². The largest absolute Gasteiger partial charge is 0.301 e. The van der Waals surface area contributed by atoms with Gasteiger partial charge in [0.05, 0.1) is 5.41 Å². The molecule has 26 heavy (non-hydrogen) atoms. The second-order valence-electron chi connectivity index (χ2n) is 6.38. The van der Waals surface area contributed by atoms with Crippen molar-refractivity contribution in [1.82, 2.24) is 9.97 Å². The summed E-state index contributed by atoms with van der Waals surface area (Å²) < 4.78 is 26.3. The van der Waals surface area contributed by atoms with Gasteiger partial charge in [-0.3, -0.25) is 9.78 Å². The molecule has 7 heteroatoms. The number of pyridine rings is 1. The smallest absolute Gasteiger partial charge is 0.236 e. The van der Waals surface area contributed by atoms with Crippen molar-refractivity contribution in [3.05, 3.63) is 76.6 Å². The van der Waals surface area contributed by atoms with Crippen LogP contribution in [-0.2, 0) is 16.6 Å². The molecule has 3 rings (SSSR count). The van der Waals surface area contributed by atoms with Gasteiger partial charge in [0.15, 0.2) is 16.8 Å². The van der Waals surface area contributed by atoms with Crippen LogP contribution in [0.2, 0.25) is 0 Å². The number of aromatic nitrogens is 2. The van der Waals surface area contributed by atoms with Crippen molar-refractivity contribution in [2.24, 2.45) is 0 Å². The number of benzene rings is 1. The van der Waals surface area contributed by atoms with Gasteiger partial charge in [-0.25, -0.2) is 13.8 Å². The van der Waals surface area contributed by atoms with Crippen molar-refractivity contribution in [1.29, 1.82) is 0 Å². The van der Waals surface area contributed by atoms with Crippen molar-refractivity contribution in [2.75, 3.05) is 5.32 Å². The zero-order valence-electron chi connectivity index (χ0n) is 14.3. The predicted molar refractivity (Wildman–Crippen MR) is 97.2 cm³/mol. The molecule has 0 unspecified atom stereocenters. The van der Waals surface area contributed by atoms with Gasteiger partial charge in [0.2, 0.25) is 5.91 Å². The Balaban J connectivity index is 1.70. The maximum atomic E-state index is 13.3. The lowest BCUT2D eigenvalue weighted by atomic mass is 9.85. The molecule has 3 aromatic rings. The monoisotopic (exact) mass is 373 g/mol. The van der Waals surface area contributed by atoms with E-state index in [0.29, 0.717) is 17.1 Å². The molecule has 4 nitrogen and oxygen atoms in total. The van der Waals surface area contributed by atoms with Crippen LogP contribution in [0.4, 0.5) is 13.9 Å². The zero-order chi connectivity index (χ0) is 18.7. The predicted octanol–water partition coefficient (Wildman–Crippen LogP) is 4.32. The molecule has 0 aliphatic carbocycles. The van der Waals surface area contributed by atoms with Crippen molar-refractivity contribution in [3.63, 3.8) is 0 Å². The van der Waals surface area contributed by atoms with E-state index in [9.17, 15) is 13.6 Å². The number of thiazole rings is 1. The van der Waals surface area contributed by atoms with Gasteiger partial charge < -0.3 is 5.32 Å². The fourth-order valence-corrected chi connectivity index (χ4v) is 3.26. The van der Waals surface area contributed by atoms with E-state index in [-0.39, 0.29) is 5.91 Å². The number of nitrogens with one attached hydrogen (secondary N) is 1. The Bertz CT molecular complexity index is 926. The van der Waals surface area contributed by atoms with Crippen molar-refractivity contribution in [2.45, 2.75) is 25.7 Å². The summed E-state index contributed by atoms with van der Waals surface area (Å²) >= 11 is 1.30. The first-order valence-electron chi connectivity index (χ1n) is 7.97. The first kappa shape index (κ1) is 18.1. The number of halogens is 2. The van der Waals surface area contributed by atoms with Crippen molar-refractivity contribution < 1.29 is 13.6 Å². The summed E-state index contributed by atoms with van der Waals surface area (Å²) in [5.41, 5.74) is 0.678. The van der Waals surface area contributed by atoms with Gasteiger partial charge in [0.1, 0.15) is 0 Å². The number of nitrogens with zero attached hydrogens (tertiary/aromatic N) is 2. The Hall–Kier alpha value is -2.67. The number of amides is 1. The fraction of sp³-hybridized carbons (Fsp3) is 0.211. The van der Waals surface area contributed by atoms with Crippen LogP contribution >= 0.6 is 11.3 Å². The topological polar surface area (TPSA) is 54.9 Å². The number of hydrogen-bond donors (Lipinski definition) is 1. The van der Waals surface area contributed by atoms with Crippen molar-refractivity contribution in [3.8, 4) is 0 Å². The molecule has 0 saturated heterocycles. The summed E-state index contributed by atoms with van der Waals surface area (Å²) in [6.07, 6.45) is 5.36. The van der Waals surface area contributed by atoms with Gasteiger partial charge in [-0.05, 0) is 43.2 Å². The third kappa shape index (κ3) is 3.94. The Morgan fingerprint density at radius 3 is 2.69 bits per heavy atom. The fourth-order valence-electron chi connectivity index (χ4n) is 2.41. The summed E-state index contributed by atoms with van der Waals surface area (Å²) in [6, 6.07) is 7.43. The number of carbonyl (C=O) groups excluding carboxylic acids is 1. The number of carbonyl (C=O) groups is 1. The second-order valence-corrected chi connectivity index (χ2v) is 7.49. The molecule has 0 saturated carbocycles. The quantitative estimate of drug-likeness (QED) is 0.724. The van der Waals surface area contributed by atoms with E-state index in [4.69, 9.17) is 0 Å². The molecule has 0 bridgehead atoms. The van der Waals surface area contributed by atoms with Crippen LogP contribution in [0.5, 0.6) is 0 Å². The SMILES string of the molecule is CC(C)(C(=O)Nc1ncc(Cc2ccc(F)c(F)c2)s1)c1cccnc1. The van der Waals surface area contributed by atoms with E-state index in [0.717, 1.165) is 16.5 Å². The highest BCUT2D eigenvalue weighted by molar-refractivity contribution is 7.15. The van der Waals surface area contributed by atoms with E-state index >= 15 is 0 Å². The standard InChI is InChI=1S/C19H17F2N3OS/c1-19(2,13-4-3-7-22-10-13)17(25)24-18-23-11-14(26-18)8-12-5-6-15(20)16(21)9-12/h3-7,9-11H,8H2,1-2H3,(H,23,24,25). The lowest BCUT2D eigenvalue weighted by molar-refractivity contribution is -0.120. The molecule has 0 aliphatic heterocycles. The molecular formula is C19H17F2N3OS. The third-order valence-corrected chi connectivity index (χ3v) is 5.00. The minimum atomic E-state index is -0.876. The Morgan fingerprint density at radius 1 is 1.19 bits per heavy atom. The van der Waals surface area contributed by atoms with Crippen LogP contribution in [0.25, 0.3) is 0 Å². The molecular weight excluding hydrogens is 356 g/mol. The summed E-state index contributed by atoms with van der Waals surface area (Å²) in [6.45, 7) is 3.63. The lowest BCUT2D eigenvalue weighted by Gasteiger charge is -2.22. The molecule has 1 N–H and O–H groups in total. The molecule has 134 valence electrons. The van der Waals surface area contributed by atoms with Gasteiger partial charge in [-0.1, -0.05) is 12.1 Å². The van der Waals surface area contributed by atoms with Crippen LogP contribution in [0, 0.1) is 11.6 Å². The maximum absolute atomic E-state index is 13.3. The highest BCUT2D eigenvalue weighted by Crippen LogP contribution is 2.27. The van der Waals surface area contributed by atoms with Crippen molar-refractivity contribution >= 4 is 22.4 Å². The molecule has 2 heterocycles. The highest BCUT2D eigenvalue weighted by atomic mass is 32.1. The average Bonchev–Trinajstić information content (AvgIpc) is 3.06. The van der Waals surface area contributed by atoms with E-state index in [1.54, 1.807) is 24.7 Å². The average molecular weight is 373 g/mol. The highest BCUT2D eigenvalue weighted by Gasteiger charge is 2.30. The first-order chi connectivity index (χ1) is 12.4. The summed E-state index contributed by atoms with van der Waals surface area (Å²) in [5.74, 6) is -1.94. The molecule has 0 radical (unpaired) electrons. The zero-order valence-corrected chi connectivity index (χ0v) is 15.1. The summed E-state index contributed by atoms with van der Waals surface area (Å²) in [7, 11) is 0. The molecule has 0 fully saturated rings. The molecule has 2 aromatic heterocycles. The maximum Gasteiger partial charge on any atom is 0.236 e. The molecule has 0 spiro atoms. The Kier molecular flexibility index (Phi) is 5.08. The molecule has 1 amide bonds. The molecule has 0 atom stereocenters. The Labute approximate surface area is 153 Å². The van der Waals surface area contributed by atoms with E-state index < -0.39 is 17.0 Å². The summed E-state index contributed by atoms with van der Waals surface area (Å²) in [5, 5.41) is 3.28. The van der Waals surface area contributed by atoms with E-state index in [1.807, 2.05) is 19.9 Å². The van der Waals surface area contributed by atoms with Gasteiger partial charge >= 0.3 is 0 Å². The molecule has 1 aromatic carbocycles. The lowest BCUT2D eigenvalue weighted by Crippen LogP contribution is -2.34. The number of anilines is 1. The van der Waals surface area contributed by atoms with E-state index in [1.165, 1.54) is 23.5 Å². The molecule has 0 aliphatic rings. The summed E-state index contributed by atoms with van der Waals surface area (Å²) in [4.78, 5) is 21.7. The van der Waals surface area contributed by atoms with Gasteiger partial charge in [-0.2, -0.15) is 0 Å².